The third kappa shape index (κ3) is 2.97. The Labute approximate surface area is 129 Å². The smallest absolute Gasteiger partial charge is 0.0305 e. The van der Waals surface area contributed by atoms with E-state index in [2.05, 4.69) is 76.7 Å². The van der Waals surface area contributed by atoms with Crippen LogP contribution in [-0.2, 0) is 12.8 Å². The van der Waals surface area contributed by atoms with E-state index in [-0.39, 0.29) is 0 Å². The Bertz CT molecular complexity index is 593. The number of hydrogen-bond acceptors (Lipinski definition) is 1. The molecule has 2 heteroatoms. The van der Waals surface area contributed by atoms with Crippen LogP contribution in [0.2, 0.25) is 0 Å². The van der Waals surface area contributed by atoms with E-state index in [1.807, 2.05) is 0 Å². The lowest BCUT2D eigenvalue weighted by molar-refractivity contribution is 0.413. The Kier molecular flexibility index (Phi) is 4.23. The van der Waals surface area contributed by atoms with Gasteiger partial charge in [0.15, 0.2) is 0 Å². The average Bonchev–Trinajstić information content (AvgIpc) is 2.47. The maximum atomic E-state index is 3.79. The summed E-state index contributed by atoms with van der Waals surface area (Å²) in [5.41, 5.74) is 4.38. The number of aryl methyl sites for hydroxylation is 1. The molecule has 1 aliphatic carbocycles. The molecule has 2 aromatic carbocycles. The van der Waals surface area contributed by atoms with Gasteiger partial charge in [-0.25, -0.2) is 0 Å². The molecule has 0 saturated heterocycles. The zero-order valence-electron chi connectivity index (χ0n) is 11.8. The Morgan fingerprint density at radius 2 is 1.75 bits per heavy atom. The minimum Gasteiger partial charge on any atom is -0.307 e. The van der Waals surface area contributed by atoms with Crippen molar-refractivity contribution in [1.29, 1.82) is 0 Å². The van der Waals surface area contributed by atoms with Crippen LogP contribution >= 0.6 is 15.9 Å². The van der Waals surface area contributed by atoms with Crippen molar-refractivity contribution in [3.05, 3.63) is 69.7 Å². The fourth-order valence-corrected chi connectivity index (χ4v) is 3.74. The summed E-state index contributed by atoms with van der Waals surface area (Å²) in [7, 11) is 0. The van der Waals surface area contributed by atoms with Crippen LogP contribution < -0.4 is 5.32 Å². The first-order valence-corrected chi connectivity index (χ1v) is 8.10. The van der Waals surface area contributed by atoms with Crippen LogP contribution in [0.1, 0.15) is 36.1 Å². The van der Waals surface area contributed by atoms with Gasteiger partial charge in [0, 0.05) is 16.6 Å². The molecule has 20 heavy (non-hydrogen) atoms. The number of hydrogen-bond donors (Lipinski definition) is 1. The molecule has 1 N–H and O–H groups in total. The lowest BCUT2D eigenvalue weighted by atomic mass is 9.88. The average molecular weight is 330 g/mol. The zero-order valence-corrected chi connectivity index (χ0v) is 13.4. The van der Waals surface area contributed by atoms with E-state index in [4.69, 9.17) is 0 Å². The quantitative estimate of drug-likeness (QED) is 0.863. The Hall–Kier alpha value is -1.12. The molecule has 2 unspecified atom stereocenters. The number of halogens is 1. The second kappa shape index (κ2) is 6.11. The van der Waals surface area contributed by atoms with Crippen LogP contribution in [0.25, 0.3) is 0 Å². The predicted molar refractivity (Wildman–Crippen MR) is 87.9 cm³/mol. The predicted octanol–water partition coefficient (Wildman–Crippen LogP) is 4.66. The Morgan fingerprint density at radius 3 is 2.55 bits per heavy atom. The minimum absolute atomic E-state index is 0.376. The molecule has 1 nitrogen and oxygen atoms in total. The third-order valence-corrected chi connectivity index (χ3v) is 4.93. The molecule has 0 amide bonds. The first-order valence-electron chi connectivity index (χ1n) is 7.31. The van der Waals surface area contributed by atoms with Gasteiger partial charge in [-0.15, -0.1) is 0 Å². The number of nitrogens with one attached hydrogen (secondary N) is 1. The summed E-state index contributed by atoms with van der Waals surface area (Å²) in [6.45, 7) is 2.25. The van der Waals surface area contributed by atoms with Crippen molar-refractivity contribution in [3.8, 4) is 0 Å². The standard InChI is InChI=1S/C18H20BrN/c1-13(17-8-4-5-9-18(17)19)20-16-11-10-14-6-2-3-7-15(14)12-16/h2-9,13,16,20H,10-12H2,1H3. The topological polar surface area (TPSA) is 12.0 Å². The number of benzene rings is 2. The second-order valence-electron chi connectivity index (χ2n) is 5.62. The van der Waals surface area contributed by atoms with E-state index in [0.717, 1.165) is 6.42 Å². The van der Waals surface area contributed by atoms with E-state index in [9.17, 15) is 0 Å². The van der Waals surface area contributed by atoms with Crippen molar-refractivity contribution in [2.75, 3.05) is 0 Å². The van der Waals surface area contributed by atoms with Gasteiger partial charge in [-0.2, -0.15) is 0 Å². The molecule has 0 aliphatic heterocycles. The van der Waals surface area contributed by atoms with Crippen LogP contribution in [-0.4, -0.2) is 6.04 Å². The molecule has 2 aromatic rings. The van der Waals surface area contributed by atoms with Crippen LogP contribution in [0.3, 0.4) is 0 Å². The van der Waals surface area contributed by atoms with Gasteiger partial charge < -0.3 is 5.32 Å². The van der Waals surface area contributed by atoms with Gasteiger partial charge in [0.2, 0.25) is 0 Å². The van der Waals surface area contributed by atoms with Gasteiger partial charge in [0.25, 0.3) is 0 Å². The molecule has 0 radical (unpaired) electrons. The maximum Gasteiger partial charge on any atom is 0.0305 e. The van der Waals surface area contributed by atoms with E-state index in [0.29, 0.717) is 12.1 Å². The van der Waals surface area contributed by atoms with E-state index < -0.39 is 0 Å². The van der Waals surface area contributed by atoms with Crippen molar-refractivity contribution < 1.29 is 0 Å². The molecule has 3 rings (SSSR count). The molecule has 2 atom stereocenters. The monoisotopic (exact) mass is 329 g/mol. The second-order valence-corrected chi connectivity index (χ2v) is 6.47. The zero-order chi connectivity index (χ0) is 13.9. The van der Waals surface area contributed by atoms with Crippen molar-refractivity contribution in [2.24, 2.45) is 0 Å². The van der Waals surface area contributed by atoms with E-state index in [1.165, 1.54) is 34.0 Å². The molecule has 0 spiro atoms. The first-order chi connectivity index (χ1) is 9.74. The van der Waals surface area contributed by atoms with Gasteiger partial charge >= 0.3 is 0 Å². The summed E-state index contributed by atoms with van der Waals surface area (Å²) in [5, 5.41) is 3.79. The van der Waals surface area contributed by atoms with Crippen LogP contribution in [0, 0.1) is 0 Å². The van der Waals surface area contributed by atoms with Crippen molar-refractivity contribution in [2.45, 2.75) is 38.3 Å². The summed E-state index contributed by atoms with van der Waals surface area (Å²) >= 11 is 3.65. The van der Waals surface area contributed by atoms with Crippen LogP contribution in [0.5, 0.6) is 0 Å². The minimum atomic E-state index is 0.376. The molecule has 0 saturated carbocycles. The summed E-state index contributed by atoms with van der Waals surface area (Å²) in [6.07, 6.45) is 3.56. The maximum absolute atomic E-state index is 3.79. The third-order valence-electron chi connectivity index (χ3n) is 4.20. The molecule has 0 bridgehead atoms. The van der Waals surface area contributed by atoms with Crippen molar-refractivity contribution >= 4 is 15.9 Å². The van der Waals surface area contributed by atoms with Crippen molar-refractivity contribution in [1.82, 2.24) is 5.32 Å². The van der Waals surface area contributed by atoms with Gasteiger partial charge in [0.1, 0.15) is 0 Å². The van der Waals surface area contributed by atoms with Gasteiger partial charge in [-0.05, 0) is 48.9 Å². The Morgan fingerprint density at radius 1 is 1.05 bits per heavy atom. The highest BCUT2D eigenvalue weighted by Gasteiger charge is 2.20. The molecule has 0 fully saturated rings. The number of fused-ring (bicyclic) bond motifs is 1. The van der Waals surface area contributed by atoms with Crippen molar-refractivity contribution in [3.63, 3.8) is 0 Å². The summed E-state index contributed by atoms with van der Waals surface area (Å²) in [5.74, 6) is 0. The normalized spacial score (nSPS) is 19.4. The summed E-state index contributed by atoms with van der Waals surface area (Å²) in [6, 6.07) is 18.3. The lowest BCUT2D eigenvalue weighted by Crippen LogP contribution is -2.36. The Balaban J connectivity index is 1.69. The molecular weight excluding hydrogens is 310 g/mol. The van der Waals surface area contributed by atoms with Crippen LogP contribution in [0.15, 0.2) is 53.0 Å². The molecule has 104 valence electrons. The van der Waals surface area contributed by atoms with E-state index in [1.54, 1.807) is 0 Å². The van der Waals surface area contributed by atoms with Gasteiger partial charge in [-0.1, -0.05) is 58.4 Å². The molecular formula is C18H20BrN. The molecule has 0 aromatic heterocycles. The highest BCUT2D eigenvalue weighted by atomic mass is 79.9. The van der Waals surface area contributed by atoms with Gasteiger partial charge in [0.05, 0.1) is 0 Å². The lowest BCUT2D eigenvalue weighted by Gasteiger charge is -2.29. The largest absolute Gasteiger partial charge is 0.307 e. The summed E-state index contributed by atoms with van der Waals surface area (Å²) in [4.78, 5) is 0. The number of rotatable bonds is 3. The molecule has 1 aliphatic rings. The highest BCUT2D eigenvalue weighted by Crippen LogP contribution is 2.26. The summed E-state index contributed by atoms with van der Waals surface area (Å²) < 4.78 is 1.19. The fourth-order valence-electron chi connectivity index (χ4n) is 3.11. The van der Waals surface area contributed by atoms with Gasteiger partial charge in [-0.3, -0.25) is 0 Å². The highest BCUT2D eigenvalue weighted by molar-refractivity contribution is 9.10. The fraction of sp³-hybridized carbons (Fsp3) is 0.333. The first kappa shape index (κ1) is 13.8. The molecule has 0 heterocycles. The van der Waals surface area contributed by atoms with Crippen LogP contribution in [0.4, 0.5) is 0 Å². The SMILES string of the molecule is CC(NC1CCc2ccccc2C1)c1ccccc1Br. The van der Waals surface area contributed by atoms with E-state index >= 15 is 0 Å².